The predicted molar refractivity (Wildman–Crippen MR) is 191 cm³/mol. The van der Waals surface area contributed by atoms with Crippen LogP contribution in [0.4, 0.5) is 19.2 Å². The zero-order valence-electron chi connectivity index (χ0n) is 30.1. The summed E-state index contributed by atoms with van der Waals surface area (Å²) in [6.07, 6.45) is 4.88. The molecule has 1 saturated heterocycles. The number of benzene rings is 1. The first kappa shape index (κ1) is 43.9. The second-order valence-corrected chi connectivity index (χ2v) is 12.5. The highest BCUT2D eigenvalue weighted by atomic mass is 16.8. The van der Waals surface area contributed by atoms with E-state index in [0.717, 1.165) is 38.5 Å². The number of nitrogens with one attached hydrogen (secondary N) is 6. The Morgan fingerprint density at radius 3 is 1.47 bits per heavy atom. The highest BCUT2D eigenvalue weighted by Crippen LogP contribution is 2.13. The average molecular weight is 751 g/mol. The molecule has 0 spiro atoms. The lowest BCUT2D eigenvalue weighted by Crippen LogP contribution is -2.29. The molecule has 1 aromatic carbocycles. The maximum absolute atomic E-state index is 13.0. The predicted octanol–water partition coefficient (Wildman–Crippen LogP) is 3.28. The highest BCUT2D eigenvalue weighted by molar-refractivity contribution is 6.00. The quantitative estimate of drug-likeness (QED) is 0.0476. The standard InChI is InChI=1S/C35H54N6O12/c42-29(36-13-7-1-6-12-18-41-34(49)51-23-28-24-52-35(50)53-28)21-25-19-26(30(43)37-14-8-2-4-10-16-39-32(45)46)22-27(20-25)31(44)38-15-9-3-5-11-17-40-33(47)48/h19-20,22,28,39-40H,1-18,21,23-24H2,(H,36,42)(H,37,43)(H,38,44)(H,41,49)(H,45,46)(H,47,48). The topological polar surface area (TPSA) is 260 Å². The zero-order chi connectivity index (χ0) is 38.7. The van der Waals surface area contributed by atoms with Crippen molar-refractivity contribution < 1.29 is 58.0 Å². The summed E-state index contributed by atoms with van der Waals surface area (Å²) in [4.78, 5) is 82.6. The molecule has 18 nitrogen and oxygen atoms in total. The summed E-state index contributed by atoms with van der Waals surface area (Å²) in [6, 6.07) is 4.69. The van der Waals surface area contributed by atoms with Crippen molar-refractivity contribution in [1.82, 2.24) is 31.9 Å². The molecule has 1 aromatic rings. The maximum atomic E-state index is 13.0. The number of unbranched alkanes of at least 4 members (excludes halogenated alkanes) is 9. The molecular weight excluding hydrogens is 696 g/mol. The largest absolute Gasteiger partial charge is 0.508 e. The molecule has 0 aromatic heterocycles. The van der Waals surface area contributed by atoms with Crippen LogP contribution in [-0.4, -0.2) is 111 Å². The van der Waals surface area contributed by atoms with Crippen LogP contribution >= 0.6 is 0 Å². The molecule has 1 aliphatic rings. The summed E-state index contributed by atoms with van der Waals surface area (Å²) in [5.74, 6) is -1.01. The first-order valence-electron chi connectivity index (χ1n) is 18.2. The van der Waals surface area contributed by atoms with Crippen molar-refractivity contribution in [3.05, 3.63) is 34.9 Å². The third kappa shape index (κ3) is 21.6. The van der Waals surface area contributed by atoms with Crippen molar-refractivity contribution in [3.8, 4) is 0 Å². The Morgan fingerprint density at radius 1 is 0.604 bits per heavy atom. The molecule has 1 atom stereocenters. The van der Waals surface area contributed by atoms with Crippen molar-refractivity contribution >= 4 is 42.2 Å². The third-order valence-corrected chi connectivity index (χ3v) is 7.96. The highest BCUT2D eigenvalue weighted by Gasteiger charge is 2.26. The van der Waals surface area contributed by atoms with Crippen LogP contribution in [0.15, 0.2) is 18.2 Å². The minimum Gasteiger partial charge on any atom is -0.465 e. The van der Waals surface area contributed by atoms with Crippen LogP contribution < -0.4 is 31.9 Å². The monoisotopic (exact) mass is 750 g/mol. The number of carbonyl (C=O) groups excluding carboxylic acids is 5. The van der Waals surface area contributed by atoms with Gasteiger partial charge in [-0.15, -0.1) is 0 Å². The Hall–Kier alpha value is -5.29. The fourth-order valence-corrected chi connectivity index (χ4v) is 5.20. The molecule has 8 N–H and O–H groups in total. The Labute approximate surface area is 308 Å². The van der Waals surface area contributed by atoms with Gasteiger partial charge in [0.15, 0.2) is 6.10 Å². The lowest BCUT2D eigenvalue weighted by Gasteiger charge is -2.12. The molecule has 1 aliphatic heterocycles. The van der Waals surface area contributed by atoms with Crippen molar-refractivity contribution in [2.24, 2.45) is 0 Å². The van der Waals surface area contributed by atoms with Crippen LogP contribution in [0.3, 0.4) is 0 Å². The van der Waals surface area contributed by atoms with Crippen LogP contribution in [0.1, 0.15) is 103 Å². The number of carboxylic acid groups (broad SMARTS) is 2. The molecule has 0 bridgehead atoms. The second-order valence-electron chi connectivity index (χ2n) is 12.5. The van der Waals surface area contributed by atoms with E-state index >= 15 is 0 Å². The van der Waals surface area contributed by atoms with E-state index in [1.807, 2.05) is 0 Å². The number of alkyl carbamates (subject to hydrolysis) is 1. The van der Waals surface area contributed by atoms with Gasteiger partial charge >= 0.3 is 24.4 Å². The Kier molecular flexibility index (Phi) is 21.9. The second kappa shape index (κ2) is 26.5. The molecule has 1 heterocycles. The fourth-order valence-electron chi connectivity index (χ4n) is 5.20. The number of ether oxygens (including phenoxy) is 3. The zero-order valence-corrected chi connectivity index (χ0v) is 30.1. The average Bonchev–Trinajstić information content (AvgIpc) is 3.54. The van der Waals surface area contributed by atoms with Crippen LogP contribution in [0.25, 0.3) is 0 Å². The van der Waals surface area contributed by atoms with Crippen LogP contribution in [0.5, 0.6) is 0 Å². The van der Waals surface area contributed by atoms with Crippen LogP contribution in [-0.2, 0) is 25.4 Å². The van der Waals surface area contributed by atoms with Crippen molar-refractivity contribution in [2.75, 3.05) is 52.5 Å². The van der Waals surface area contributed by atoms with Crippen molar-refractivity contribution in [1.29, 1.82) is 0 Å². The first-order valence-corrected chi connectivity index (χ1v) is 18.2. The van der Waals surface area contributed by atoms with Gasteiger partial charge in [0.05, 0.1) is 6.42 Å². The molecule has 1 fully saturated rings. The summed E-state index contributed by atoms with van der Waals surface area (Å²) in [6.45, 7) is 2.34. The van der Waals surface area contributed by atoms with Crippen LogP contribution in [0, 0.1) is 0 Å². The van der Waals surface area contributed by atoms with Gasteiger partial charge in [0, 0.05) is 50.4 Å². The smallest absolute Gasteiger partial charge is 0.465 e. The molecule has 18 heteroatoms. The Bertz CT molecular complexity index is 1280. The normalized spacial score (nSPS) is 13.2. The van der Waals surface area contributed by atoms with Gasteiger partial charge in [0.2, 0.25) is 5.91 Å². The number of cyclic esters (lactones) is 2. The minimum absolute atomic E-state index is 0.0334. The maximum Gasteiger partial charge on any atom is 0.508 e. The third-order valence-electron chi connectivity index (χ3n) is 7.96. The SMILES string of the molecule is O=C(O)NCCCCCCNC(=O)c1cc(CC(=O)NCCCCCCNC(=O)OCC2COC(=O)O2)cc(C(=O)NCCCCCCNC(=O)O)c1. The first-order chi connectivity index (χ1) is 25.5. The van der Waals surface area contributed by atoms with E-state index in [4.69, 9.17) is 19.7 Å². The summed E-state index contributed by atoms with van der Waals surface area (Å²) >= 11 is 0. The van der Waals surface area contributed by atoms with E-state index in [-0.39, 0.29) is 48.5 Å². The van der Waals surface area contributed by atoms with Gasteiger partial charge < -0.3 is 56.3 Å². The van der Waals surface area contributed by atoms with Gasteiger partial charge in [-0.1, -0.05) is 38.5 Å². The number of hydrogen-bond acceptors (Lipinski definition) is 10. The van der Waals surface area contributed by atoms with Crippen LogP contribution in [0.2, 0.25) is 0 Å². The van der Waals surface area contributed by atoms with Gasteiger partial charge in [0.25, 0.3) is 11.8 Å². The van der Waals surface area contributed by atoms with Gasteiger partial charge in [0.1, 0.15) is 13.2 Å². The Morgan fingerprint density at radius 2 is 1.04 bits per heavy atom. The van der Waals surface area contributed by atoms with Gasteiger partial charge in [-0.25, -0.2) is 19.2 Å². The van der Waals surface area contributed by atoms with Gasteiger partial charge in [-0.3, -0.25) is 14.4 Å². The molecule has 2 rings (SSSR count). The van der Waals surface area contributed by atoms with Gasteiger partial charge in [-0.05, 0) is 62.3 Å². The summed E-state index contributed by atoms with van der Waals surface area (Å²) in [5, 5.41) is 33.1. The van der Waals surface area contributed by atoms with E-state index in [2.05, 4.69) is 36.6 Å². The molecule has 0 aliphatic carbocycles. The van der Waals surface area contributed by atoms with Crippen molar-refractivity contribution in [3.63, 3.8) is 0 Å². The number of carbonyl (C=O) groups is 7. The lowest BCUT2D eigenvalue weighted by atomic mass is 10.0. The summed E-state index contributed by atoms with van der Waals surface area (Å²) < 4.78 is 14.4. The minimum atomic E-state index is -1.06. The Balaban J connectivity index is 1.77. The van der Waals surface area contributed by atoms with E-state index in [9.17, 15) is 33.6 Å². The molecule has 6 amide bonds. The number of hydrogen-bond donors (Lipinski definition) is 8. The fraction of sp³-hybridized carbons (Fsp3) is 0.629. The number of amides is 6. The molecular formula is C35H54N6O12. The van der Waals surface area contributed by atoms with Crippen molar-refractivity contribution in [2.45, 2.75) is 89.6 Å². The molecule has 0 radical (unpaired) electrons. The van der Waals surface area contributed by atoms with E-state index in [1.165, 1.54) is 6.07 Å². The van der Waals surface area contributed by atoms with E-state index in [1.54, 1.807) is 12.1 Å². The summed E-state index contributed by atoms with van der Waals surface area (Å²) in [7, 11) is 0. The number of rotatable bonds is 27. The van der Waals surface area contributed by atoms with Gasteiger partial charge in [-0.2, -0.15) is 0 Å². The van der Waals surface area contributed by atoms with E-state index < -0.39 is 30.5 Å². The lowest BCUT2D eigenvalue weighted by molar-refractivity contribution is -0.120. The summed E-state index contributed by atoms with van der Waals surface area (Å²) in [5.41, 5.74) is 1.02. The molecule has 53 heavy (non-hydrogen) atoms. The molecule has 296 valence electrons. The molecule has 1 unspecified atom stereocenters. The van der Waals surface area contributed by atoms with E-state index in [0.29, 0.717) is 83.4 Å². The molecule has 0 saturated carbocycles.